The molecule has 1 unspecified atom stereocenters. The number of nitriles is 1. The molecule has 0 saturated carbocycles. The van der Waals surface area contributed by atoms with Gasteiger partial charge in [0.1, 0.15) is 5.84 Å². The lowest BCUT2D eigenvalue weighted by atomic mass is 9.95. The SMILES string of the molecule is N#Cc1ccc2c(c1)CC(C(=O)O)N=C2N. The highest BCUT2D eigenvalue weighted by Gasteiger charge is 2.24. The van der Waals surface area contributed by atoms with E-state index in [1.165, 1.54) is 0 Å². The van der Waals surface area contributed by atoms with Gasteiger partial charge in [0, 0.05) is 12.0 Å². The molecule has 5 heteroatoms. The molecule has 1 aliphatic heterocycles. The van der Waals surface area contributed by atoms with Crippen LogP contribution in [0.25, 0.3) is 0 Å². The Morgan fingerprint density at radius 3 is 3.00 bits per heavy atom. The number of aliphatic imine (C=N–C) groups is 1. The molecule has 1 atom stereocenters. The Balaban J connectivity index is 2.48. The zero-order chi connectivity index (χ0) is 11.7. The lowest BCUT2D eigenvalue weighted by Gasteiger charge is -2.18. The summed E-state index contributed by atoms with van der Waals surface area (Å²) < 4.78 is 0. The summed E-state index contributed by atoms with van der Waals surface area (Å²) in [6.07, 6.45) is 0.279. The van der Waals surface area contributed by atoms with Crippen molar-refractivity contribution in [1.29, 1.82) is 5.26 Å². The Hall–Kier alpha value is -2.35. The Kier molecular flexibility index (Phi) is 2.33. The molecule has 1 aliphatic rings. The molecule has 80 valence electrons. The van der Waals surface area contributed by atoms with Crippen molar-refractivity contribution in [2.75, 3.05) is 0 Å². The van der Waals surface area contributed by atoms with Gasteiger partial charge in [-0.15, -0.1) is 0 Å². The second-order valence-corrected chi connectivity index (χ2v) is 3.56. The fourth-order valence-corrected chi connectivity index (χ4v) is 1.72. The van der Waals surface area contributed by atoms with Crippen LogP contribution in [0, 0.1) is 11.3 Å². The van der Waals surface area contributed by atoms with Crippen LogP contribution >= 0.6 is 0 Å². The van der Waals surface area contributed by atoms with Crippen molar-refractivity contribution in [3.8, 4) is 6.07 Å². The van der Waals surface area contributed by atoms with Gasteiger partial charge in [0.2, 0.25) is 0 Å². The van der Waals surface area contributed by atoms with Crippen LogP contribution in [-0.2, 0) is 11.2 Å². The van der Waals surface area contributed by atoms with Gasteiger partial charge in [-0.05, 0) is 23.8 Å². The van der Waals surface area contributed by atoms with Crippen LogP contribution in [0.15, 0.2) is 23.2 Å². The van der Waals surface area contributed by atoms with Crippen molar-refractivity contribution >= 4 is 11.8 Å². The number of fused-ring (bicyclic) bond motifs is 1. The highest BCUT2D eigenvalue weighted by molar-refractivity contribution is 6.01. The molecule has 5 nitrogen and oxygen atoms in total. The maximum absolute atomic E-state index is 10.8. The molecule has 0 radical (unpaired) electrons. The zero-order valence-electron chi connectivity index (χ0n) is 8.34. The average Bonchev–Trinajstić information content (AvgIpc) is 2.28. The Labute approximate surface area is 91.8 Å². The summed E-state index contributed by atoms with van der Waals surface area (Å²) in [6.45, 7) is 0. The van der Waals surface area contributed by atoms with Crippen LogP contribution in [0.5, 0.6) is 0 Å². The summed E-state index contributed by atoms with van der Waals surface area (Å²) in [5.41, 5.74) is 7.65. The molecule has 1 heterocycles. The molecule has 1 aromatic carbocycles. The first kappa shape index (κ1) is 10.2. The van der Waals surface area contributed by atoms with Crippen molar-refractivity contribution in [2.24, 2.45) is 10.7 Å². The number of rotatable bonds is 1. The predicted molar refractivity (Wildman–Crippen MR) is 57.0 cm³/mol. The zero-order valence-corrected chi connectivity index (χ0v) is 8.34. The number of carboxylic acid groups (broad SMARTS) is 1. The molecular formula is C11H9N3O2. The normalized spacial score (nSPS) is 18.2. The second kappa shape index (κ2) is 3.66. The molecule has 0 spiro atoms. The minimum atomic E-state index is -1.00. The molecule has 0 bridgehead atoms. The average molecular weight is 215 g/mol. The third-order valence-electron chi connectivity index (χ3n) is 2.50. The van der Waals surface area contributed by atoms with Crippen molar-refractivity contribution in [3.63, 3.8) is 0 Å². The van der Waals surface area contributed by atoms with Crippen LogP contribution in [0.1, 0.15) is 16.7 Å². The van der Waals surface area contributed by atoms with E-state index in [1.807, 2.05) is 6.07 Å². The van der Waals surface area contributed by atoms with E-state index >= 15 is 0 Å². The van der Waals surface area contributed by atoms with E-state index in [0.717, 1.165) is 11.1 Å². The van der Waals surface area contributed by atoms with Crippen molar-refractivity contribution < 1.29 is 9.90 Å². The molecule has 2 rings (SSSR count). The van der Waals surface area contributed by atoms with Gasteiger partial charge in [-0.1, -0.05) is 0 Å². The standard InChI is InChI=1S/C11H9N3O2/c12-5-6-1-2-8-7(3-6)4-9(11(15)16)14-10(8)13/h1-3,9H,4H2,(H2,13,14)(H,15,16). The number of aliphatic carboxylic acids is 1. The summed E-state index contributed by atoms with van der Waals surface area (Å²) in [7, 11) is 0. The van der Waals surface area contributed by atoms with E-state index in [4.69, 9.17) is 16.1 Å². The van der Waals surface area contributed by atoms with E-state index in [0.29, 0.717) is 5.56 Å². The number of amidine groups is 1. The number of nitrogens with two attached hydrogens (primary N) is 1. The third-order valence-corrected chi connectivity index (χ3v) is 2.50. The van der Waals surface area contributed by atoms with E-state index in [1.54, 1.807) is 18.2 Å². The molecular weight excluding hydrogens is 206 g/mol. The van der Waals surface area contributed by atoms with Gasteiger partial charge < -0.3 is 10.8 Å². The van der Waals surface area contributed by atoms with Crippen LogP contribution < -0.4 is 5.73 Å². The molecule has 3 N–H and O–H groups in total. The molecule has 0 amide bonds. The van der Waals surface area contributed by atoms with Gasteiger partial charge >= 0.3 is 5.97 Å². The Morgan fingerprint density at radius 2 is 2.38 bits per heavy atom. The molecule has 0 fully saturated rings. The highest BCUT2D eigenvalue weighted by atomic mass is 16.4. The number of hydrogen-bond acceptors (Lipinski definition) is 4. The van der Waals surface area contributed by atoms with Crippen molar-refractivity contribution in [3.05, 3.63) is 34.9 Å². The first-order chi connectivity index (χ1) is 7.61. The third kappa shape index (κ3) is 1.61. The number of nitrogens with zero attached hydrogens (tertiary/aromatic N) is 2. The minimum absolute atomic E-state index is 0.220. The van der Waals surface area contributed by atoms with Gasteiger partial charge in [0.05, 0.1) is 11.6 Å². The van der Waals surface area contributed by atoms with E-state index in [2.05, 4.69) is 4.99 Å². The van der Waals surface area contributed by atoms with E-state index < -0.39 is 12.0 Å². The first-order valence-electron chi connectivity index (χ1n) is 4.71. The lowest BCUT2D eigenvalue weighted by molar-refractivity contribution is -0.138. The summed E-state index contributed by atoms with van der Waals surface area (Å²) in [6, 6.07) is 6.16. The fourth-order valence-electron chi connectivity index (χ4n) is 1.72. The van der Waals surface area contributed by atoms with Crippen molar-refractivity contribution in [1.82, 2.24) is 0 Å². The topological polar surface area (TPSA) is 99.5 Å². The monoisotopic (exact) mass is 215 g/mol. The predicted octanol–water partition coefficient (Wildman–Crippen LogP) is 0.273. The fraction of sp³-hybridized carbons (Fsp3) is 0.182. The first-order valence-corrected chi connectivity index (χ1v) is 4.71. The van der Waals surface area contributed by atoms with Crippen LogP contribution in [0.2, 0.25) is 0 Å². The highest BCUT2D eigenvalue weighted by Crippen LogP contribution is 2.19. The molecule has 0 aliphatic carbocycles. The van der Waals surface area contributed by atoms with Crippen LogP contribution in [0.3, 0.4) is 0 Å². The smallest absolute Gasteiger partial charge is 0.328 e. The van der Waals surface area contributed by atoms with E-state index in [-0.39, 0.29) is 12.3 Å². The summed E-state index contributed by atoms with van der Waals surface area (Å²) in [5, 5.41) is 17.6. The summed E-state index contributed by atoms with van der Waals surface area (Å²) in [4.78, 5) is 14.7. The Morgan fingerprint density at radius 1 is 1.62 bits per heavy atom. The Bertz CT molecular complexity index is 529. The molecule has 0 saturated heterocycles. The van der Waals surface area contributed by atoms with Crippen molar-refractivity contribution in [2.45, 2.75) is 12.5 Å². The van der Waals surface area contributed by atoms with Gasteiger partial charge in [-0.25, -0.2) is 4.79 Å². The summed E-state index contributed by atoms with van der Waals surface area (Å²) in [5.74, 6) is -0.783. The number of carbonyl (C=O) groups is 1. The largest absolute Gasteiger partial charge is 0.480 e. The van der Waals surface area contributed by atoms with Gasteiger partial charge in [-0.2, -0.15) is 5.26 Å². The van der Waals surface area contributed by atoms with Crippen LogP contribution in [-0.4, -0.2) is 23.0 Å². The maximum atomic E-state index is 10.8. The molecule has 1 aromatic rings. The number of hydrogen-bond donors (Lipinski definition) is 2. The van der Waals surface area contributed by atoms with Gasteiger partial charge in [0.15, 0.2) is 6.04 Å². The van der Waals surface area contributed by atoms with E-state index in [9.17, 15) is 4.79 Å². The quantitative estimate of drug-likeness (QED) is 0.702. The number of benzene rings is 1. The maximum Gasteiger partial charge on any atom is 0.328 e. The number of carboxylic acids is 1. The minimum Gasteiger partial charge on any atom is -0.480 e. The van der Waals surface area contributed by atoms with Crippen LogP contribution in [0.4, 0.5) is 0 Å². The molecule has 0 aromatic heterocycles. The second-order valence-electron chi connectivity index (χ2n) is 3.56. The lowest BCUT2D eigenvalue weighted by Crippen LogP contribution is -2.31. The molecule has 16 heavy (non-hydrogen) atoms. The van der Waals surface area contributed by atoms with Gasteiger partial charge in [-0.3, -0.25) is 4.99 Å². The summed E-state index contributed by atoms with van der Waals surface area (Å²) >= 11 is 0. The van der Waals surface area contributed by atoms with Gasteiger partial charge in [0.25, 0.3) is 0 Å².